The highest BCUT2D eigenvalue weighted by Crippen LogP contribution is 2.20. The molecule has 8 nitrogen and oxygen atoms in total. The molecule has 0 saturated carbocycles. The first kappa shape index (κ1) is 22.0. The molecule has 0 spiro atoms. The Morgan fingerprint density at radius 3 is 2.23 bits per heavy atom. The van der Waals surface area contributed by atoms with Gasteiger partial charge in [0.25, 0.3) is 0 Å². The molecular weight excluding hydrogens is 392 g/mol. The van der Waals surface area contributed by atoms with Gasteiger partial charge in [0.1, 0.15) is 6.10 Å². The van der Waals surface area contributed by atoms with Crippen molar-refractivity contribution < 1.29 is 9.53 Å². The fourth-order valence-electron chi connectivity index (χ4n) is 3.10. The molecule has 0 unspecified atom stereocenters. The third kappa shape index (κ3) is 6.95. The molecule has 0 aliphatic carbocycles. The predicted octanol–water partition coefficient (Wildman–Crippen LogP) is 3.29. The van der Waals surface area contributed by atoms with Crippen LogP contribution < -0.4 is 15.5 Å². The molecule has 8 heteroatoms. The number of hydrogen-bond acceptors (Lipinski definition) is 8. The zero-order valence-corrected chi connectivity index (χ0v) is 17.5. The Kier molecular flexibility index (Phi) is 8.16. The molecule has 0 amide bonds. The minimum absolute atomic E-state index is 0.122. The summed E-state index contributed by atoms with van der Waals surface area (Å²) < 4.78 is 5.60. The van der Waals surface area contributed by atoms with Crippen molar-refractivity contribution in [3.8, 4) is 0 Å². The normalized spacial score (nSPS) is 14.3. The number of hydrogen-bond donors (Lipinski definition) is 2. The Labute approximate surface area is 182 Å². The molecule has 1 aromatic heterocycles. The van der Waals surface area contributed by atoms with E-state index in [0.29, 0.717) is 56.9 Å². The molecule has 1 aliphatic rings. The predicted molar refractivity (Wildman–Crippen MR) is 124 cm³/mol. The van der Waals surface area contributed by atoms with Crippen LogP contribution in [0.4, 0.5) is 17.8 Å². The maximum Gasteiger partial charge on any atom is 0.331 e. The van der Waals surface area contributed by atoms with Gasteiger partial charge in [0.15, 0.2) is 0 Å². The van der Waals surface area contributed by atoms with Crippen molar-refractivity contribution in [2.24, 2.45) is 0 Å². The van der Waals surface area contributed by atoms with Crippen LogP contribution in [0.5, 0.6) is 0 Å². The molecule has 1 aliphatic heterocycles. The van der Waals surface area contributed by atoms with Crippen molar-refractivity contribution in [1.29, 1.82) is 0 Å². The summed E-state index contributed by atoms with van der Waals surface area (Å²) in [7, 11) is 0. The fourth-order valence-corrected chi connectivity index (χ4v) is 3.10. The Bertz CT molecular complexity index is 877. The molecule has 2 heterocycles. The van der Waals surface area contributed by atoms with Crippen LogP contribution in [-0.2, 0) is 9.53 Å². The zero-order valence-electron chi connectivity index (χ0n) is 17.5. The Morgan fingerprint density at radius 2 is 1.65 bits per heavy atom. The van der Waals surface area contributed by atoms with Crippen molar-refractivity contribution in [2.75, 3.05) is 41.7 Å². The Morgan fingerprint density at radius 1 is 1.03 bits per heavy atom. The summed E-state index contributed by atoms with van der Waals surface area (Å²) in [6.45, 7) is 9.89. The summed E-state index contributed by atoms with van der Waals surface area (Å²) in [5, 5.41) is 6.21. The first-order chi connectivity index (χ1) is 15.2. The van der Waals surface area contributed by atoms with Crippen LogP contribution in [0, 0.1) is 0 Å². The maximum atomic E-state index is 12.1. The van der Waals surface area contributed by atoms with Gasteiger partial charge in [-0.05, 0) is 11.6 Å². The number of ether oxygens (including phenoxy) is 1. The largest absolute Gasteiger partial charge is 0.459 e. The number of piperidine rings is 1. The average molecular weight is 421 g/mol. The van der Waals surface area contributed by atoms with E-state index in [1.165, 1.54) is 6.08 Å². The van der Waals surface area contributed by atoms with Crippen LogP contribution in [0.2, 0.25) is 0 Å². The van der Waals surface area contributed by atoms with Crippen molar-refractivity contribution in [3.05, 3.63) is 67.3 Å². The fraction of sp³-hybridized carbons (Fsp3) is 0.304. The van der Waals surface area contributed by atoms with Gasteiger partial charge in [-0.3, -0.25) is 0 Å². The highest BCUT2D eigenvalue weighted by Gasteiger charge is 2.24. The Balaban J connectivity index is 1.56. The quantitative estimate of drug-likeness (QED) is 0.344. The molecule has 0 atom stereocenters. The minimum atomic E-state index is -0.325. The van der Waals surface area contributed by atoms with Crippen LogP contribution in [0.25, 0.3) is 6.08 Å². The molecule has 1 aromatic carbocycles. The molecule has 3 rings (SSSR count). The molecule has 162 valence electrons. The number of anilines is 3. The lowest BCUT2D eigenvalue weighted by atomic mass is 10.1. The second-order valence-electron chi connectivity index (χ2n) is 6.99. The number of carbonyl (C=O) groups is 1. The minimum Gasteiger partial charge on any atom is -0.459 e. The number of carbonyl (C=O) groups excluding carboxylic acids is 1. The van der Waals surface area contributed by atoms with Crippen molar-refractivity contribution in [3.63, 3.8) is 0 Å². The van der Waals surface area contributed by atoms with Gasteiger partial charge in [-0.25, -0.2) is 4.79 Å². The van der Waals surface area contributed by atoms with E-state index in [1.54, 1.807) is 18.2 Å². The van der Waals surface area contributed by atoms with E-state index >= 15 is 0 Å². The number of nitrogens with zero attached hydrogens (tertiary/aromatic N) is 4. The molecule has 1 saturated heterocycles. The average Bonchev–Trinajstić information content (AvgIpc) is 2.81. The highest BCUT2D eigenvalue weighted by molar-refractivity contribution is 5.87. The molecule has 1 fully saturated rings. The third-order valence-corrected chi connectivity index (χ3v) is 4.65. The van der Waals surface area contributed by atoms with Gasteiger partial charge in [-0.2, -0.15) is 15.0 Å². The van der Waals surface area contributed by atoms with E-state index in [0.717, 1.165) is 5.56 Å². The van der Waals surface area contributed by atoms with E-state index in [4.69, 9.17) is 4.74 Å². The summed E-state index contributed by atoms with van der Waals surface area (Å²) in [5.74, 6) is 1.23. The lowest BCUT2D eigenvalue weighted by Crippen LogP contribution is -2.38. The number of rotatable bonds is 10. The van der Waals surface area contributed by atoms with Crippen LogP contribution in [-0.4, -0.2) is 53.2 Å². The summed E-state index contributed by atoms with van der Waals surface area (Å²) in [6, 6.07) is 9.67. The van der Waals surface area contributed by atoms with E-state index in [1.807, 2.05) is 30.3 Å². The number of esters is 1. The van der Waals surface area contributed by atoms with E-state index in [2.05, 4.69) is 43.6 Å². The van der Waals surface area contributed by atoms with Crippen LogP contribution in [0.1, 0.15) is 18.4 Å². The number of aromatic nitrogens is 3. The highest BCUT2D eigenvalue weighted by atomic mass is 16.5. The van der Waals surface area contributed by atoms with Crippen molar-refractivity contribution in [1.82, 2.24) is 15.0 Å². The monoisotopic (exact) mass is 420 g/mol. The maximum absolute atomic E-state index is 12.1. The molecular formula is C23H28N6O2. The third-order valence-electron chi connectivity index (χ3n) is 4.65. The second kappa shape index (κ2) is 11.5. The standard InChI is InChI=1S/C23H28N6O2/c1-3-14-24-21-26-22(25-15-4-2)28-23(27-21)29-16-12-19(13-17-29)31-20(30)11-10-18-8-6-5-7-9-18/h3-11,19H,1-2,12-17H2,(H2,24,25,26,27,28)/b11-10+. The number of nitrogens with one attached hydrogen (secondary N) is 2. The van der Waals surface area contributed by atoms with Crippen molar-refractivity contribution >= 4 is 29.9 Å². The van der Waals surface area contributed by atoms with Gasteiger partial charge in [0.05, 0.1) is 0 Å². The zero-order chi connectivity index (χ0) is 21.9. The van der Waals surface area contributed by atoms with Gasteiger partial charge in [0.2, 0.25) is 17.8 Å². The van der Waals surface area contributed by atoms with E-state index in [9.17, 15) is 4.79 Å². The van der Waals surface area contributed by atoms with E-state index < -0.39 is 0 Å². The Hall–Kier alpha value is -3.68. The van der Waals surface area contributed by atoms with Crippen molar-refractivity contribution in [2.45, 2.75) is 18.9 Å². The van der Waals surface area contributed by atoms with Gasteiger partial charge >= 0.3 is 5.97 Å². The summed E-state index contributed by atoms with van der Waals surface area (Å²) in [5.41, 5.74) is 0.964. The molecule has 0 bridgehead atoms. The molecule has 31 heavy (non-hydrogen) atoms. The van der Waals surface area contributed by atoms with Crippen LogP contribution >= 0.6 is 0 Å². The lowest BCUT2D eigenvalue weighted by molar-refractivity contribution is -0.143. The summed E-state index contributed by atoms with van der Waals surface area (Å²) in [6.07, 6.45) is 8.02. The topological polar surface area (TPSA) is 92.3 Å². The van der Waals surface area contributed by atoms with Gasteiger partial charge in [-0.1, -0.05) is 42.5 Å². The molecule has 2 N–H and O–H groups in total. The first-order valence-corrected chi connectivity index (χ1v) is 10.3. The lowest BCUT2D eigenvalue weighted by Gasteiger charge is -2.31. The molecule has 2 aromatic rings. The van der Waals surface area contributed by atoms with Crippen LogP contribution in [0.15, 0.2) is 61.7 Å². The van der Waals surface area contributed by atoms with Gasteiger partial charge in [0, 0.05) is 45.1 Å². The second-order valence-corrected chi connectivity index (χ2v) is 6.99. The first-order valence-electron chi connectivity index (χ1n) is 10.3. The molecule has 0 radical (unpaired) electrons. The smallest absolute Gasteiger partial charge is 0.331 e. The van der Waals surface area contributed by atoms with E-state index in [-0.39, 0.29) is 12.1 Å². The summed E-state index contributed by atoms with van der Waals surface area (Å²) >= 11 is 0. The van der Waals surface area contributed by atoms with Gasteiger partial charge in [-0.15, -0.1) is 13.2 Å². The van der Waals surface area contributed by atoms with Crippen LogP contribution in [0.3, 0.4) is 0 Å². The van der Waals surface area contributed by atoms with Gasteiger partial charge < -0.3 is 20.3 Å². The SMILES string of the molecule is C=CCNc1nc(NCC=C)nc(N2CCC(OC(=O)/C=C/c3ccccc3)CC2)n1. The summed E-state index contributed by atoms with van der Waals surface area (Å²) in [4.78, 5) is 27.6. The number of benzene rings is 1.